The molecule has 7 heavy (non-hydrogen) atoms. The van der Waals surface area contributed by atoms with Gasteiger partial charge in [-0.15, -0.1) is 0 Å². The van der Waals surface area contributed by atoms with Gasteiger partial charge in [0.15, 0.2) is 0 Å². The van der Waals surface area contributed by atoms with Gasteiger partial charge >= 0.3 is 23.1 Å². The minimum Gasteiger partial charge on any atom is -0.566 e. The third kappa shape index (κ3) is 50.4. The van der Waals surface area contributed by atoms with Crippen molar-refractivity contribution in [1.29, 1.82) is 0 Å². The minimum atomic E-state index is 0. The molecule has 0 atom stereocenters. The Hall–Kier alpha value is 0.726. The second-order valence-corrected chi connectivity index (χ2v) is 0.591. The van der Waals surface area contributed by atoms with Crippen LogP contribution in [0.2, 0.25) is 0 Å². The predicted octanol–water partition coefficient (Wildman–Crippen LogP) is 1.39. The monoisotopic (exact) mass is 112 g/mol. The Morgan fingerprint density at radius 2 is 1.71 bits per heavy atom. The molecular weight excluding hydrogens is 100 g/mol. The van der Waals surface area contributed by atoms with Crippen molar-refractivity contribution in [1.82, 2.24) is 0 Å². The van der Waals surface area contributed by atoms with Crippen LogP contribution in [0.15, 0.2) is 0 Å². The molecule has 0 heterocycles. The van der Waals surface area contributed by atoms with E-state index >= 15 is 0 Å². The molecule has 0 rings (SSSR count). The zero-order chi connectivity index (χ0) is 5.41. The second kappa shape index (κ2) is 29.7. The van der Waals surface area contributed by atoms with Gasteiger partial charge < -0.3 is 12.0 Å². The molecule has 0 aliphatic rings. The molecule has 0 bridgehead atoms. The number of hydrogen-bond donors (Lipinski definition) is 1. The van der Waals surface area contributed by atoms with Gasteiger partial charge in [-0.3, -0.25) is 0 Å². The Bertz CT molecular complexity index is 10.0. The fourth-order valence-corrected chi connectivity index (χ4v) is 0. The zero-order valence-electron chi connectivity index (χ0n) is 5.15. The third-order valence-electron chi connectivity index (χ3n) is 0.183. The van der Waals surface area contributed by atoms with Crippen LogP contribution < -0.4 is 0 Å². The van der Waals surface area contributed by atoms with Crippen molar-refractivity contribution in [3.63, 3.8) is 0 Å². The first-order chi connectivity index (χ1) is 2.91. The summed E-state index contributed by atoms with van der Waals surface area (Å²) in [6.07, 6.45) is 0.750. The van der Waals surface area contributed by atoms with Crippen LogP contribution in [0, 0.1) is 13.5 Å². The van der Waals surface area contributed by atoms with Crippen LogP contribution in [0.5, 0.6) is 0 Å². The molecule has 0 saturated heterocycles. The summed E-state index contributed by atoms with van der Waals surface area (Å²) in [5.74, 6) is 0. The summed E-state index contributed by atoms with van der Waals surface area (Å²) in [6, 6.07) is 0. The van der Waals surface area contributed by atoms with E-state index in [4.69, 9.17) is 5.11 Å². The van der Waals surface area contributed by atoms with E-state index < -0.39 is 0 Å². The summed E-state index contributed by atoms with van der Waals surface area (Å²) in [4.78, 5) is 0. The normalized spacial score (nSPS) is 5.14. The number of aliphatic hydroxyl groups excluding tert-OH is 1. The SMILES string of the molecule is CC[CH-]O.[CH2-]C.[Mg+2]. The Balaban J connectivity index is -0.0000000480. The summed E-state index contributed by atoms with van der Waals surface area (Å²) >= 11 is 0. The topological polar surface area (TPSA) is 20.2 Å². The van der Waals surface area contributed by atoms with Crippen molar-refractivity contribution >= 4 is 23.1 Å². The minimum absolute atomic E-state index is 0. The van der Waals surface area contributed by atoms with Crippen LogP contribution in [-0.4, -0.2) is 28.2 Å². The quantitative estimate of drug-likeness (QED) is 0.401. The van der Waals surface area contributed by atoms with Gasteiger partial charge in [0, 0.05) is 0 Å². The van der Waals surface area contributed by atoms with Crippen molar-refractivity contribution in [2.45, 2.75) is 20.3 Å². The Kier molecular flexibility index (Phi) is 66.3. The molecule has 0 fully saturated rings. The molecule has 40 valence electrons. The summed E-state index contributed by atoms with van der Waals surface area (Å²) in [6.45, 7) is 8.00. The molecule has 0 amide bonds. The second-order valence-electron chi connectivity index (χ2n) is 0.591. The molecule has 0 spiro atoms. The van der Waals surface area contributed by atoms with Crippen molar-refractivity contribution in [2.75, 3.05) is 0 Å². The maximum Gasteiger partial charge on any atom is 2.00 e. The van der Waals surface area contributed by atoms with Crippen molar-refractivity contribution in [3.8, 4) is 0 Å². The van der Waals surface area contributed by atoms with E-state index in [0.29, 0.717) is 0 Å². The van der Waals surface area contributed by atoms with Crippen LogP contribution in [0.3, 0.4) is 0 Å². The fourth-order valence-electron chi connectivity index (χ4n) is 0. The Labute approximate surface area is 62.3 Å². The molecule has 0 aromatic rings. The molecule has 1 nitrogen and oxygen atoms in total. The maximum absolute atomic E-state index is 7.75. The third-order valence-corrected chi connectivity index (χ3v) is 0.183. The van der Waals surface area contributed by atoms with Gasteiger partial charge in [-0.2, -0.15) is 13.3 Å². The number of rotatable bonds is 1. The van der Waals surface area contributed by atoms with E-state index in [0.717, 1.165) is 13.0 Å². The van der Waals surface area contributed by atoms with Gasteiger partial charge in [0.05, 0.1) is 0 Å². The molecule has 0 aliphatic carbocycles. The van der Waals surface area contributed by atoms with Gasteiger partial charge in [0.25, 0.3) is 0 Å². The van der Waals surface area contributed by atoms with Gasteiger partial charge in [-0.05, 0) is 0 Å². The Morgan fingerprint density at radius 3 is 1.71 bits per heavy atom. The van der Waals surface area contributed by atoms with E-state index in [9.17, 15) is 0 Å². The first-order valence-corrected chi connectivity index (χ1v) is 2.08. The van der Waals surface area contributed by atoms with Crippen LogP contribution in [0.25, 0.3) is 0 Å². The number of aliphatic hydroxyl groups is 1. The average Bonchev–Trinajstić information content (AvgIpc) is 1.72. The summed E-state index contributed by atoms with van der Waals surface area (Å²) in [7, 11) is 0. The van der Waals surface area contributed by atoms with E-state index in [1.807, 2.05) is 6.92 Å². The molecule has 0 aromatic heterocycles. The van der Waals surface area contributed by atoms with E-state index in [2.05, 4.69) is 6.92 Å². The van der Waals surface area contributed by atoms with Gasteiger partial charge in [-0.1, -0.05) is 6.92 Å². The molecule has 0 saturated carbocycles. The van der Waals surface area contributed by atoms with Crippen molar-refractivity contribution in [2.24, 2.45) is 0 Å². The number of hydrogen-bond acceptors (Lipinski definition) is 1. The van der Waals surface area contributed by atoms with Crippen molar-refractivity contribution in [3.05, 3.63) is 13.5 Å². The first kappa shape index (κ1) is 15.6. The Morgan fingerprint density at radius 1 is 1.57 bits per heavy atom. The summed E-state index contributed by atoms with van der Waals surface area (Å²) in [5, 5.41) is 7.75. The maximum atomic E-state index is 7.75. The van der Waals surface area contributed by atoms with E-state index in [-0.39, 0.29) is 23.1 Å². The summed E-state index contributed by atoms with van der Waals surface area (Å²) in [5.41, 5.74) is 0. The first-order valence-electron chi connectivity index (χ1n) is 2.08. The van der Waals surface area contributed by atoms with Crippen LogP contribution in [0.4, 0.5) is 0 Å². The van der Waals surface area contributed by atoms with E-state index in [1.165, 1.54) is 0 Å². The van der Waals surface area contributed by atoms with Crippen LogP contribution >= 0.6 is 0 Å². The molecule has 0 unspecified atom stereocenters. The smallest absolute Gasteiger partial charge is 0.566 e. The summed E-state index contributed by atoms with van der Waals surface area (Å²) < 4.78 is 0. The zero-order valence-corrected chi connectivity index (χ0v) is 6.56. The fraction of sp³-hybridized carbons (Fsp3) is 0.600. The standard InChI is InChI=1S/C3H7O.C2H5.Mg/c1-2-3-4;1-2;/h3-4H,2H2,1H3;1H2,2H3;/q2*-1;+2. The molecule has 0 aliphatic heterocycles. The van der Waals surface area contributed by atoms with Gasteiger partial charge in [-0.25, -0.2) is 6.61 Å². The molecule has 1 N–H and O–H groups in total. The molecule has 0 radical (unpaired) electrons. The van der Waals surface area contributed by atoms with Crippen molar-refractivity contribution < 1.29 is 5.11 Å². The van der Waals surface area contributed by atoms with Crippen LogP contribution in [0.1, 0.15) is 20.3 Å². The predicted molar refractivity (Wildman–Crippen MR) is 33.3 cm³/mol. The van der Waals surface area contributed by atoms with Gasteiger partial charge in [0.2, 0.25) is 0 Å². The van der Waals surface area contributed by atoms with E-state index in [1.54, 1.807) is 6.92 Å². The molecular formula is C5H12MgO. The molecule has 0 aromatic carbocycles. The molecule has 2 heteroatoms. The van der Waals surface area contributed by atoms with Gasteiger partial charge in [0.1, 0.15) is 0 Å². The largest absolute Gasteiger partial charge is 2.00 e. The average molecular weight is 112 g/mol. The van der Waals surface area contributed by atoms with Crippen LogP contribution in [-0.2, 0) is 0 Å².